The summed E-state index contributed by atoms with van der Waals surface area (Å²) in [6, 6.07) is 6.21. The monoisotopic (exact) mass is 286 g/mol. The van der Waals surface area contributed by atoms with Crippen molar-refractivity contribution in [3.05, 3.63) is 35.4 Å². The van der Waals surface area contributed by atoms with Gasteiger partial charge in [0.05, 0.1) is 0 Å². The molecule has 0 bridgehead atoms. The molecule has 1 heterocycles. The number of carbonyl (C=O) groups is 1. The van der Waals surface area contributed by atoms with Crippen LogP contribution < -0.4 is 0 Å². The Morgan fingerprint density at radius 3 is 2.50 bits per heavy atom. The topological polar surface area (TPSA) is 52.9 Å². The fourth-order valence-corrected chi connectivity index (χ4v) is 2.08. The number of amides is 1. The molecule has 4 nitrogen and oxygen atoms in total. The quantitative estimate of drug-likeness (QED) is 0.862. The van der Waals surface area contributed by atoms with Crippen LogP contribution in [0.3, 0.4) is 0 Å². The van der Waals surface area contributed by atoms with Crippen LogP contribution in [-0.4, -0.2) is 33.6 Å². The van der Waals surface area contributed by atoms with Gasteiger partial charge in [0.15, 0.2) is 0 Å². The third kappa shape index (κ3) is 2.18. The van der Waals surface area contributed by atoms with Crippen LogP contribution in [0, 0.1) is 6.92 Å². The molecule has 1 aromatic carbocycles. The van der Waals surface area contributed by atoms with Crippen molar-refractivity contribution in [2.45, 2.75) is 32.2 Å². The third-order valence-corrected chi connectivity index (χ3v) is 3.15. The van der Waals surface area contributed by atoms with Crippen LogP contribution in [0.5, 0.6) is 0 Å². The number of aryl methyl sites for hydroxylation is 1. The van der Waals surface area contributed by atoms with E-state index in [0.717, 1.165) is 0 Å². The minimum atomic E-state index is -4.98. The second kappa shape index (κ2) is 4.59. The van der Waals surface area contributed by atoms with E-state index in [1.807, 2.05) is 0 Å². The summed E-state index contributed by atoms with van der Waals surface area (Å²) in [6.07, 6.45) is -5.72. The Hall–Kier alpha value is -1.89. The first-order chi connectivity index (χ1) is 9.17. The SMILES string of the molecule is CC1=NN(C(=O)c2ccccc2C)C(O)(C(F)(F)F)C1. The molecule has 0 saturated heterocycles. The molecule has 0 saturated carbocycles. The van der Waals surface area contributed by atoms with Gasteiger partial charge in [-0.3, -0.25) is 4.79 Å². The predicted octanol–water partition coefficient (Wildman–Crippen LogP) is 2.47. The van der Waals surface area contributed by atoms with Gasteiger partial charge in [0.25, 0.3) is 11.6 Å². The van der Waals surface area contributed by atoms with Crippen molar-refractivity contribution < 1.29 is 23.1 Å². The normalized spacial score (nSPS) is 22.9. The molecule has 108 valence electrons. The van der Waals surface area contributed by atoms with E-state index in [9.17, 15) is 23.1 Å². The van der Waals surface area contributed by atoms with Crippen LogP contribution in [0.15, 0.2) is 29.4 Å². The number of benzene rings is 1. The molecule has 0 spiro atoms. The van der Waals surface area contributed by atoms with Gasteiger partial charge in [0.1, 0.15) is 0 Å². The van der Waals surface area contributed by atoms with Gasteiger partial charge in [-0.25, -0.2) is 0 Å². The van der Waals surface area contributed by atoms with Gasteiger partial charge in [-0.05, 0) is 25.5 Å². The molecule has 1 N–H and O–H groups in total. The van der Waals surface area contributed by atoms with Crippen molar-refractivity contribution >= 4 is 11.6 Å². The Kier molecular flexibility index (Phi) is 3.33. The largest absolute Gasteiger partial charge is 0.438 e. The van der Waals surface area contributed by atoms with Gasteiger partial charge < -0.3 is 5.11 Å². The Bertz CT molecular complexity index is 583. The number of halogens is 3. The fraction of sp³-hybridized carbons (Fsp3) is 0.385. The first kappa shape index (κ1) is 14.5. The smallest absolute Gasteiger partial charge is 0.362 e. The highest BCUT2D eigenvalue weighted by molar-refractivity contribution is 5.98. The lowest BCUT2D eigenvalue weighted by Gasteiger charge is -2.32. The van der Waals surface area contributed by atoms with E-state index in [-0.39, 0.29) is 16.3 Å². The van der Waals surface area contributed by atoms with Crippen LogP contribution in [0.2, 0.25) is 0 Å². The van der Waals surface area contributed by atoms with E-state index in [0.29, 0.717) is 5.56 Å². The number of carbonyl (C=O) groups excluding carboxylic acids is 1. The Balaban J connectivity index is 2.45. The molecule has 1 aliphatic heterocycles. The first-order valence-electron chi connectivity index (χ1n) is 5.90. The summed E-state index contributed by atoms with van der Waals surface area (Å²) in [5, 5.41) is 13.5. The molecule has 1 aromatic rings. The van der Waals surface area contributed by atoms with Crippen molar-refractivity contribution in [2.75, 3.05) is 0 Å². The van der Waals surface area contributed by atoms with E-state index in [4.69, 9.17) is 0 Å². The standard InChI is InChI=1S/C13H13F3N2O2/c1-8-5-3-4-6-10(8)11(19)18-12(20,13(14,15)16)7-9(2)17-18/h3-6,20H,7H2,1-2H3. The van der Waals surface area contributed by atoms with Crippen LogP contribution in [-0.2, 0) is 0 Å². The molecule has 20 heavy (non-hydrogen) atoms. The summed E-state index contributed by atoms with van der Waals surface area (Å²) in [5.74, 6) is -0.972. The predicted molar refractivity (Wildman–Crippen MR) is 66.1 cm³/mol. The molecule has 0 aliphatic carbocycles. The number of hydrogen-bond donors (Lipinski definition) is 1. The second-order valence-electron chi connectivity index (χ2n) is 4.76. The lowest BCUT2D eigenvalue weighted by Crippen LogP contribution is -2.56. The van der Waals surface area contributed by atoms with Gasteiger partial charge >= 0.3 is 6.18 Å². The fourth-order valence-electron chi connectivity index (χ4n) is 2.08. The maximum Gasteiger partial charge on any atom is 0.438 e. The molecule has 0 fully saturated rings. The van der Waals surface area contributed by atoms with Gasteiger partial charge in [-0.1, -0.05) is 18.2 Å². The number of alkyl halides is 3. The van der Waals surface area contributed by atoms with Crippen LogP contribution in [0.25, 0.3) is 0 Å². The summed E-state index contributed by atoms with van der Waals surface area (Å²) in [6.45, 7) is 2.94. The molecule has 1 aliphatic rings. The van der Waals surface area contributed by atoms with E-state index in [1.165, 1.54) is 13.0 Å². The average Bonchev–Trinajstić information content (AvgIpc) is 2.65. The highest BCUT2D eigenvalue weighted by Gasteiger charge is 2.62. The highest BCUT2D eigenvalue weighted by Crippen LogP contribution is 2.40. The summed E-state index contributed by atoms with van der Waals surface area (Å²) in [4.78, 5) is 12.2. The number of hydrogen-bond acceptors (Lipinski definition) is 3. The van der Waals surface area contributed by atoms with Gasteiger partial charge in [-0.15, -0.1) is 0 Å². The Labute approximate surface area is 113 Å². The van der Waals surface area contributed by atoms with E-state index >= 15 is 0 Å². The Morgan fingerprint density at radius 1 is 1.35 bits per heavy atom. The van der Waals surface area contributed by atoms with E-state index in [1.54, 1.807) is 25.1 Å². The lowest BCUT2D eigenvalue weighted by molar-refractivity contribution is -0.297. The molecule has 1 atom stereocenters. The summed E-state index contributed by atoms with van der Waals surface area (Å²) < 4.78 is 39.1. The molecule has 2 rings (SSSR count). The van der Waals surface area contributed by atoms with Crippen molar-refractivity contribution in [3.63, 3.8) is 0 Å². The van der Waals surface area contributed by atoms with Crippen LogP contribution >= 0.6 is 0 Å². The molecular formula is C13H13F3N2O2. The molecule has 1 amide bonds. The zero-order valence-corrected chi connectivity index (χ0v) is 10.9. The molecule has 7 heteroatoms. The summed E-state index contributed by atoms with van der Waals surface area (Å²) >= 11 is 0. The summed E-state index contributed by atoms with van der Waals surface area (Å²) in [7, 11) is 0. The van der Waals surface area contributed by atoms with Gasteiger partial charge in [0.2, 0.25) is 0 Å². The average molecular weight is 286 g/mol. The van der Waals surface area contributed by atoms with Crippen molar-refractivity contribution in [1.29, 1.82) is 0 Å². The molecule has 1 unspecified atom stereocenters. The maximum atomic E-state index is 13.0. The highest BCUT2D eigenvalue weighted by atomic mass is 19.4. The van der Waals surface area contributed by atoms with E-state index in [2.05, 4.69) is 5.10 Å². The minimum absolute atomic E-state index is 0.0479. The van der Waals surface area contributed by atoms with Crippen molar-refractivity contribution in [1.82, 2.24) is 5.01 Å². The zero-order valence-electron chi connectivity index (χ0n) is 10.9. The summed E-state index contributed by atoms with van der Waals surface area (Å²) in [5.41, 5.74) is -2.64. The number of hydrazone groups is 1. The second-order valence-corrected chi connectivity index (χ2v) is 4.76. The number of aliphatic hydroxyl groups is 1. The van der Waals surface area contributed by atoms with Crippen molar-refractivity contribution in [3.8, 4) is 0 Å². The first-order valence-corrected chi connectivity index (χ1v) is 5.90. The lowest BCUT2D eigenvalue weighted by atomic mass is 10.0. The Morgan fingerprint density at radius 2 is 1.95 bits per heavy atom. The van der Waals surface area contributed by atoms with E-state index < -0.39 is 24.2 Å². The molecular weight excluding hydrogens is 273 g/mol. The number of rotatable bonds is 1. The third-order valence-electron chi connectivity index (χ3n) is 3.15. The molecule has 0 radical (unpaired) electrons. The maximum absolute atomic E-state index is 13.0. The zero-order chi connectivity index (χ0) is 15.1. The number of nitrogens with zero attached hydrogens (tertiary/aromatic N) is 2. The minimum Gasteiger partial charge on any atom is -0.362 e. The van der Waals surface area contributed by atoms with Crippen LogP contribution in [0.1, 0.15) is 29.3 Å². The van der Waals surface area contributed by atoms with Gasteiger partial charge in [-0.2, -0.15) is 23.3 Å². The van der Waals surface area contributed by atoms with Crippen molar-refractivity contribution in [2.24, 2.45) is 5.10 Å². The van der Waals surface area contributed by atoms with Gasteiger partial charge in [0, 0.05) is 17.7 Å². The van der Waals surface area contributed by atoms with Crippen LogP contribution in [0.4, 0.5) is 13.2 Å². The molecule has 0 aromatic heterocycles.